The summed E-state index contributed by atoms with van der Waals surface area (Å²) in [6, 6.07) is 12.1. The Morgan fingerprint density at radius 2 is 1.57 bits per heavy atom. The number of carbonyl (C=O) groups is 1. The zero-order valence-electron chi connectivity index (χ0n) is 20.0. The highest BCUT2D eigenvalue weighted by Crippen LogP contribution is 2.43. The number of imidazole rings is 1. The third-order valence-corrected chi connectivity index (χ3v) is 7.10. The van der Waals surface area contributed by atoms with E-state index in [9.17, 15) is 26.7 Å². The first-order chi connectivity index (χ1) is 17.6. The van der Waals surface area contributed by atoms with Crippen LogP contribution in [0.15, 0.2) is 61.1 Å². The first-order valence-corrected chi connectivity index (χ1v) is 11.4. The van der Waals surface area contributed by atoms with Gasteiger partial charge in [-0.25, -0.2) is 31.7 Å². The number of aromatic nitrogens is 3. The molecule has 1 aliphatic rings. The first-order valence-electron chi connectivity index (χ1n) is 11.4. The lowest BCUT2D eigenvalue weighted by molar-refractivity contribution is -0.752. The number of hydrogen-bond acceptors (Lipinski definition) is 3. The molecule has 1 aliphatic heterocycles. The van der Waals surface area contributed by atoms with E-state index in [0.717, 1.165) is 10.8 Å². The van der Waals surface area contributed by atoms with Gasteiger partial charge in [0.1, 0.15) is 11.5 Å². The van der Waals surface area contributed by atoms with E-state index in [1.807, 2.05) is 20.8 Å². The van der Waals surface area contributed by atoms with E-state index in [4.69, 9.17) is 4.74 Å². The predicted octanol–water partition coefficient (Wildman–Crippen LogP) is 5.81. The maximum atomic E-state index is 14.7. The van der Waals surface area contributed by atoms with Crippen molar-refractivity contribution in [3.8, 4) is 17.1 Å². The minimum atomic E-state index is -2.24. The molecule has 5 nitrogen and oxygen atoms in total. The highest BCUT2D eigenvalue weighted by atomic mass is 19.2. The van der Waals surface area contributed by atoms with Crippen molar-refractivity contribution >= 4 is 5.97 Å². The summed E-state index contributed by atoms with van der Waals surface area (Å²) in [5.41, 5.74) is -0.362. The molecule has 190 valence electrons. The monoisotopic (exact) mass is 514 g/mol. The number of cyclic esters (lactones) is 1. The average Bonchev–Trinajstić information content (AvgIpc) is 3.51. The van der Waals surface area contributed by atoms with E-state index in [0.29, 0.717) is 16.8 Å². The van der Waals surface area contributed by atoms with Gasteiger partial charge >= 0.3 is 12.2 Å². The Morgan fingerprint density at radius 1 is 0.946 bits per heavy atom. The third-order valence-electron chi connectivity index (χ3n) is 7.10. The summed E-state index contributed by atoms with van der Waals surface area (Å²) in [6.07, 6.45) is 3.46. The maximum Gasteiger partial charge on any atom is 0.408 e. The highest BCUT2D eigenvalue weighted by Gasteiger charge is 2.48. The van der Waals surface area contributed by atoms with Crippen LogP contribution in [0.3, 0.4) is 0 Å². The fourth-order valence-corrected chi connectivity index (χ4v) is 4.75. The number of fused-ring (bicyclic) bond motifs is 1. The molecular formula is C27H21F5N3O2+. The van der Waals surface area contributed by atoms with Gasteiger partial charge in [0.2, 0.25) is 5.82 Å². The van der Waals surface area contributed by atoms with Crippen LogP contribution in [0.4, 0.5) is 22.0 Å². The summed E-state index contributed by atoms with van der Waals surface area (Å²) >= 11 is 0. The topological polar surface area (TPSA) is 48.0 Å². The largest absolute Gasteiger partial charge is 0.408 e. The number of halogens is 5. The molecule has 10 heteroatoms. The van der Waals surface area contributed by atoms with Gasteiger partial charge in [-0.3, -0.25) is 4.57 Å². The zero-order valence-corrected chi connectivity index (χ0v) is 20.0. The number of esters is 1. The van der Waals surface area contributed by atoms with Gasteiger partial charge in [0.15, 0.2) is 29.5 Å². The van der Waals surface area contributed by atoms with E-state index in [1.54, 1.807) is 53.2 Å². The third kappa shape index (κ3) is 3.70. The van der Waals surface area contributed by atoms with Crippen molar-refractivity contribution in [3.05, 3.63) is 101 Å². The van der Waals surface area contributed by atoms with Crippen LogP contribution in [-0.2, 0) is 10.2 Å². The second-order valence-corrected chi connectivity index (χ2v) is 9.38. The molecule has 0 fully saturated rings. The van der Waals surface area contributed by atoms with Gasteiger partial charge in [0.05, 0.1) is 5.92 Å². The fraction of sp³-hybridized carbons (Fsp3) is 0.222. The van der Waals surface area contributed by atoms with Crippen molar-refractivity contribution in [2.24, 2.45) is 5.92 Å². The Balaban J connectivity index is 1.63. The predicted molar refractivity (Wildman–Crippen MR) is 122 cm³/mol. The number of ether oxygens (including phenoxy) is 1. The van der Waals surface area contributed by atoms with Gasteiger partial charge < -0.3 is 4.74 Å². The molecule has 2 atom stereocenters. The number of nitrogens with zero attached hydrogens (tertiary/aromatic N) is 3. The second-order valence-electron chi connectivity index (χ2n) is 9.38. The fourth-order valence-electron chi connectivity index (χ4n) is 4.75. The molecule has 0 unspecified atom stereocenters. The summed E-state index contributed by atoms with van der Waals surface area (Å²) in [5.74, 6) is -11.1. The minimum absolute atomic E-state index is 0.0180. The number of carbonyl (C=O) groups excluding carboxylic acids is 1. The Morgan fingerprint density at radius 3 is 2.27 bits per heavy atom. The minimum Gasteiger partial charge on any atom is -0.394 e. The standard InChI is InChI=1S/C27H21F5N3O2/c1-14(25-34-12-7-6-10-17(34)26(36)37-25)27(2,3)16-9-5-4-8-15(16)24-33-11-13-35(24)23-21(31)19(29)18(28)20(30)22(23)32/h4-14,25H,1-3H3/q+1/t14-,25-/m0/s1. The highest BCUT2D eigenvalue weighted by molar-refractivity contribution is 5.86. The SMILES string of the molecule is C[C@@H]([C@@H]1OC(=O)c2cccc[n+]21)C(C)(C)c1ccccc1-c1nccn1-c1c(F)c(F)c(F)c(F)c1F. The number of benzene rings is 2. The normalized spacial score (nSPS) is 16.0. The van der Waals surface area contributed by atoms with Crippen molar-refractivity contribution < 1.29 is 36.1 Å². The first kappa shape index (κ1) is 24.6. The molecule has 0 bridgehead atoms. The molecule has 3 heterocycles. The molecule has 37 heavy (non-hydrogen) atoms. The van der Waals surface area contributed by atoms with Gasteiger partial charge in [0.25, 0.3) is 5.69 Å². The van der Waals surface area contributed by atoms with Crippen molar-refractivity contribution in [1.82, 2.24) is 9.55 Å². The van der Waals surface area contributed by atoms with Gasteiger partial charge in [0, 0.05) is 35.5 Å². The summed E-state index contributed by atoms with van der Waals surface area (Å²) in [7, 11) is 0. The zero-order chi connectivity index (χ0) is 26.6. The van der Waals surface area contributed by atoms with Gasteiger partial charge in [-0.15, -0.1) is 0 Å². The average molecular weight is 514 g/mol. The molecule has 4 aromatic rings. The van der Waals surface area contributed by atoms with Gasteiger partial charge in [-0.1, -0.05) is 45.0 Å². The molecular weight excluding hydrogens is 493 g/mol. The van der Waals surface area contributed by atoms with Crippen LogP contribution in [0, 0.1) is 35.0 Å². The molecule has 0 radical (unpaired) electrons. The molecule has 0 saturated carbocycles. The number of hydrogen-bond donors (Lipinski definition) is 0. The Labute approximate surface area is 208 Å². The molecule has 0 N–H and O–H groups in total. The summed E-state index contributed by atoms with van der Waals surface area (Å²) < 4.78 is 79.3. The summed E-state index contributed by atoms with van der Waals surface area (Å²) in [4.78, 5) is 16.6. The lowest BCUT2D eigenvalue weighted by Gasteiger charge is -2.34. The molecule has 2 aromatic heterocycles. The van der Waals surface area contributed by atoms with E-state index in [-0.39, 0.29) is 11.7 Å². The van der Waals surface area contributed by atoms with Crippen LogP contribution in [0.5, 0.6) is 0 Å². The van der Waals surface area contributed by atoms with E-state index in [1.165, 1.54) is 6.20 Å². The molecule has 0 saturated heterocycles. The summed E-state index contributed by atoms with van der Waals surface area (Å²) in [6.45, 7) is 5.73. The molecule has 0 amide bonds. The molecule has 5 rings (SSSR count). The Hall–Kier alpha value is -4.08. The smallest absolute Gasteiger partial charge is 0.394 e. The van der Waals surface area contributed by atoms with Crippen molar-refractivity contribution in [2.75, 3.05) is 0 Å². The van der Waals surface area contributed by atoms with Crippen LogP contribution in [-0.4, -0.2) is 15.5 Å². The van der Waals surface area contributed by atoms with E-state index >= 15 is 0 Å². The Kier molecular flexibility index (Phi) is 5.85. The lowest BCUT2D eigenvalue weighted by atomic mass is 9.71. The molecule has 0 aliphatic carbocycles. The van der Waals surface area contributed by atoms with Crippen LogP contribution >= 0.6 is 0 Å². The van der Waals surface area contributed by atoms with Crippen molar-refractivity contribution in [2.45, 2.75) is 32.4 Å². The summed E-state index contributed by atoms with van der Waals surface area (Å²) in [5, 5.41) is 0. The van der Waals surface area contributed by atoms with E-state index in [2.05, 4.69) is 4.98 Å². The van der Waals surface area contributed by atoms with Crippen molar-refractivity contribution in [1.29, 1.82) is 0 Å². The lowest BCUT2D eigenvalue weighted by Crippen LogP contribution is -2.46. The van der Waals surface area contributed by atoms with Crippen LogP contribution in [0.2, 0.25) is 0 Å². The molecule has 2 aromatic carbocycles. The Bertz CT molecular complexity index is 1520. The second kappa shape index (κ2) is 8.79. The maximum absolute atomic E-state index is 14.7. The number of pyridine rings is 1. The van der Waals surface area contributed by atoms with Crippen LogP contribution in [0.25, 0.3) is 17.1 Å². The quantitative estimate of drug-likeness (QED) is 0.111. The number of rotatable bonds is 5. The van der Waals surface area contributed by atoms with Crippen molar-refractivity contribution in [3.63, 3.8) is 0 Å². The van der Waals surface area contributed by atoms with Crippen LogP contribution < -0.4 is 4.57 Å². The van der Waals surface area contributed by atoms with Gasteiger partial charge in [-0.2, -0.15) is 4.57 Å². The van der Waals surface area contributed by atoms with Gasteiger partial charge in [-0.05, 0) is 11.6 Å². The van der Waals surface area contributed by atoms with E-state index < -0.39 is 52.4 Å². The molecule has 0 spiro atoms. The van der Waals surface area contributed by atoms with Crippen LogP contribution in [0.1, 0.15) is 43.1 Å².